The first-order valence-electron chi connectivity index (χ1n) is 9.44. The number of ether oxygens (including phenoxy) is 1. The summed E-state index contributed by atoms with van der Waals surface area (Å²) in [6.45, 7) is 1.91. The molecule has 3 heterocycles. The fourth-order valence-electron chi connectivity index (χ4n) is 3.85. The number of pyridine rings is 1. The molecule has 1 aromatic heterocycles. The number of rotatable bonds is 2. The fraction of sp³-hybridized carbons (Fsp3) is 0.300. The number of nitrogens with zero attached hydrogens (tertiary/aromatic N) is 4. The van der Waals surface area contributed by atoms with Crippen LogP contribution in [-0.2, 0) is 15.6 Å². The van der Waals surface area contributed by atoms with Crippen LogP contribution in [0.4, 0.5) is 5.69 Å². The van der Waals surface area contributed by atoms with Crippen molar-refractivity contribution in [3.63, 3.8) is 0 Å². The largest absolute Gasteiger partial charge is 0.493 e. The van der Waals surface area contributed by atoms with E-state index in [2.05, 4.69) is 15.3 Å². The highest BCUT2D eigenvalue weighted by atomic mass is 32.2. The fourth-order valence-corrected chi connectivity index (χ4v) is 5.69. The third-order valence-corrected chi connectivity index (χ3v) is 7.95. The molecule has 0 unspecified atom stereocenters. The molecule has 0 saturated heterocycles. The smallest absolute Gasteiger partial charge is 0.274 e. The van der Waals surface area contributed by atoms with E-state index in [0.29, 0.717) is 22.6 Å². The lowest BCUT2D eigenvalue weighted by molar-refractivity contribution is 0.102. The first-order valence-corrected chi connectivity index (χ1v) is 10.9. The van der Waals surface area contributed by atoms with Crippen LogP contribution in [0.3, 0.4) is 0 Å². The molecule has 2 aromatic rings. The first kappa shape index (κ1) is 20.6. The second-order valence-electron chi connectivity index (χ2n) is 7.46. The second kappa shape index (κ2) is 7.24. The number of sulfonamides is 1. The Hall–Kier alpha value is -3.65. The molecule has 2 aliphatic heterocycles. The molecule has 4 rings (SSSR count). The Morgan fingerprint density at radius 3 is 2.84 bits per heavy atom. The van der Waals surface area contributed by atoms with E-state index in [1.165, 1.54) is 25.4 Å². The van der Waals surface area contributed by atoms with Crippen LogP contribution in [0.1, 0.15) is 35.0 Å². The summed E-state index contributed by atoms with van der Waals surface area (Å²) in [4.78, 5) is 21.1. The van der Waals surface area contributed by atoms with E-state index in [9.17, 15) is 13.2 Å². The monoisotopic (exact) mass is 440 g/mol. The molecule has 3 N–H and O–H groups in total. The van der Waals surface area contributed by atoms with Gasteiger partial charge in [0.1, 0.15) is 28.3 Å². The van der Waals surface area contributed by atoms with Crippen molar-refractivity contribution in [1.29, 1.82) is 5.26 Å². The molecule has 0 radical (unpaired) electrons. The van der Waals surface area contributed by atoms with E-state index in [-0.39, 0.29) is 24.7 Å². The lowest BCUT2D eigenvalue weighted by Gasteiger charge is -2.40. The number of carbonyl (C=O) groups is 1. The maximum Gasteiger partial charge on any atom is 0.274 e. The number of fused-ring (bicyclic) bond motifs is 3. The van der Waals surface area contributed by atoms with E-state index >= 15 is 0 Å². The van der Waals surface area contributed by atoms with Gasteiger partial charge in [0.05, 0.1) is 12.2 Å². The summed E-state index contributed by atoms with van der Waals surface area (Å²) in [5.74, 6) is -0.0988. The van der Waals surface area contributed by atoms with Gasteiger partial charge in [-0.15, -0.1) is 0 Å². The summed E-state index contributed by atoms with van der Waals surface area (Å²) >= 11 is 0. The number of nitrogens with one attached hydrogen (secondary N) is 1. The van der Waals surface area contributed by atoms with Gasteiger partial charge in [-0.1, -0.05) is 0 Å². The summed E-state index contributed by atoms with van der Waals surface area (Å²) in [6, 6.07) is 9.86. The average Bonchev–Trinajstić information content (AvgIpc) is 2.89. The SMILES string of the molecule is CN1C(N)=N[C@]2(C)c3cc(NC(=O)c4ccc(C#N)cn4)ccc3OCC[C@@H]2S1(=O)=O. The molecule has 11 heteroatoms. The zero-order valence-corrected chi connectivity index (χ0v) is 17.7. The number of aliphatic imine (C=N–C) groups is 1. The zero-order chi connectivity index (χ0) is 22.4. The Balaban J connectivity index is 1.73. The molecular weight excluding hydrogens is 420 g/mol. The molecule has 1 aromatic carbocycles. The topological polar surface area (TPSA) is 151 Å². The molecule has 0 spiro atoms. The van der Waals surface area contributed by atoms with E-state index in [4.69, 9.17) is 15.7 Å². The van der Waals surface area contributed by atoms with Crippen molar-refractivity contribution >= 4 is 27.6 Å². The Labute approximate surface area is 179 Å². The van der Waals surface area contributed by atoms with Crippen molar-refractivity contribution in [2.75, 3.05) is 19.0 Å². The molecular formula is C20H20N6O4S. The number of amides is 1. The van der Waals surface area contributed by atoms with Crippen molar-refractivity contribution < 1.29 is 17.9 Å². The third-order valence-electron chi connectivity index (χ3n) is 5.58. The zero-order valence-electron chi connectivity index (χ0n) is 16.9. The van der Waals surface area contributed by atoms with Crippen LogP contribution in [0.25, 0.3) is 0 Å². The highest BCUT2D eigenvalue weighted by molar-refractivity contribution is 7.90. The molecule has 0 bridgehead atoms. The van der Waals surface area contributed by atoms with Crippen molar-refractivity contribution in [2.45, 2.75) is 24.1 Å². The minimum Gasteiger partial charge on any atom is -0.493 e. The van der Waals surface area contributed by atoms with Crippen LogP contribution in [0.2, 0.25) is 0 Å². The Morgan fingerprint density at radius 2 is 2.16 bits per heavy atom. The number of hydrogen-bond acceptors (Lipinski definition) is 8. The van der Waals surface area contributed by atoms with Gasteiger partial charge in [0.2, 0.25) is 16.0 Å². The number of anilines is 1. The minimum absolute atomic E-state index is 0.108. The third kappa shape index (κ3) is 3.34. The van der Waals surface area contributed by atoms with Crippen molar-refractivity contribution in [3.8, 4) is 11.8 Å². The number of carbonyl (C=O) groups excluding carboxylic acids is 1. The number of nitriles is 1. The second-order valence-corrected chi connectivity index (χ2v) is 9.61. The van der Waals surface area contributed by atoms with Crippen molar-refractivity contribution in [3.05, 3.63) is 53.3 Å². The average molecular weight is 440 g/mol. The number of benzene rings is 1. The van der Waals surface area contributed by atoms with Gasteiger partial charge in [-0.2, -0.15) is 5.26 Å². The number of aromatic nitrogens is 1. The van der Waals surface area contributed by atoms with E-state index < -0.39 is 26.7 Å². The number of guanidine groups is 1. The predicted octanol–water partition coefficient (Wildman–Crippen LogP) is 1.16. The molecule has 2 atom stereocenters. The van der Waals surface area contributed by atoms with Gasteiger partial charge in [-0.3, -0.25) is 4.79 Å². The number of nitrogens with two attached hydrogens (primary N) is 1. The lowest BCUT2D eigenvalue weighted by Crippen LogP contribution is -2.56. The van der Waals surface area contributed by atoms with Crippen LogP contribution in [0.5, 0.6) is 5.75 Å². The van der Waals surface area contributed by atoms with Gasteiger partial charge in [0, 0.05) is 30.9 Å². The van der Waals surface area contributed by atoms with Gasteiger partial charge in [-0.25, -0.2) is 22.7 Å². The maximum absolute atomic E-state index is 13.0. The van der Waals surface area contributed by atoms with E-state index in [1.54, 1.807) is 25.1 Å². The normalized spacial score (nSPS) is 23.8. The van der Waals surface area contributed by atoms with Gasteiger partial charge < -0.3 is 15.8 Å². The lowest BCUT2D eigenvalue weighted by atomic mass is 9.87. The van der Waals surface area contributed by atoms with Gasteiger partial charge in [-0.05, 0) is 37.3 Å². The van der Waals surface area contributed by atoms with Crippen LogP contribution in [0.15, 0.2) is 41.5 Å². The van der Waals surface area contributed by atoms with Crippen LogP contribution < -0.4 is 15.8 Å². The summed E-state index contributed by atoms with van der Waals surface area (Å²) < 4.78 is 32.9. The Bertz CT molecular complexity index is 1240. The summed E-state index contributed by atoms with van der Waals surface area (Å²) in [6.07, 6.45) is 1.55. The maximum atomic E-state index is 13.0. The van der Waals surface area contributed by atoms with Crippen LogP contribution in [-0.4, -0.2) is 48.5 Å². The standard InChI is InChI=1S/C20H20N6O4S/c1-20-14-9-13(24-18(27)15-5-3-12(10-21)11-23-15)4-6-16(14)30-8-7-17(20)31(28,29)26(2)19(22)25-20/h3-6,9,11,17H,7-8H2,1-2H3,(H2,22,25)(H,24,27)/t17-,20+/m0/s1. The predicted molar refractivity (Wildman–Crippen MR) is 113 cm³/mol. The van der Waals surface area contributed by atoms with Gasteiger partial charge in [0.25, 0.3) is 5.91 Å². The van der Waals surface area contributed by atoms with E-state index in [1.807, 2.05) is 6.07 Å². The highest BCUT2D eigenvalue weighted by Gasteiger charge is 2.52. The van der Waals surface area contributed by atoms with E-state index in [0.717, 1.165) is 4.31 Å². The molecule has 0 saturated carbocycles. The molecule has 160 valence electrons. The Morgan fingerprint density at radius 1 is 1.39 bits per heavy atom. The molecule has 31 heavy (non-hydrogen) atoms. The van der Waals surface area contributed by atoms with Crippen molar-refractivity contribution in [1.82, 2.24) is 9.29 Å². The highest BCUT2D eigenvalue weighted by Crippen LogP contribution is 2.45. The quantitative estimate of drug-likeness (QED) is 0.711. The van der Waals surface area contributed by atoms with Crippen molar-refractivity contribution in [2.24, 2.45) is 10.7 Å². The molecule has 2 aliphatic rings. The molecule has 0 fully saturated rings. The molecule has 1 amide bonds. The summed E-state index contributed by atoms with van der Waals surface area (Å²) in [5.41, 5.74) is 6.16. The molecule has 10 nitrogen and oxygen atoms in total. The Kier molecular flexibility index (Phi) is 4.82. The van der Waals surface area contributed by atoms with Gasteiger partial charge in [0.15, 0.2) is 0 Å². The van der Waals surface area contributed by atoms with Crippen LogP contribution in [0, 0.1) is 11.3 Å². The minimum atomic E-state index is -3.75. The summed E-state index contributed by atoms with van der Waals surface area (Å²) in [7, 11) is -2.37. The van der Waals surface area contributed by atoms with Gasteiger partial charge >= 0.3 is 0 Å². The van der Waals surface area contributed by atoms with Crippen LogP contribution >= 0.6 is 0 Å². The first-order chi connectivity index (χ1) is 14.7. The summed E-state index contributed by atoms with van der Waals surface area (Å²) in [5, 5.41) is 10.7. The molecule has 0 aliphatic carbocycles. The number of hydrogen-bond donors (Lipinski definition) is 2.